The van der Waals surface area contributed by atoms with Crippen molar-refractivity contribution >= 4 is 6.29 Å². The van der Waals surface area contributed by atoms with Crippen LogP contribution in [0.3, 0.4) is 0 Å². The fraction of sp³-hybridized carbons (Fsp3) is 0.857. The molecule has 10 heavy (non-hydrogen) atoms. The summed E-state index contributed by atoms with van der Waals surface area (Å²) in [7, 11) is 0. The molecule has 0 amide bonds. The van der Waals surface area contributed by atoms with Gasteiger partial charge in [0.25, 0.3) is 0 Å². The summed E-state index contributed by atoms with van der Waals surface area (Å²) in [5, 5.41) is 0. The summed E-state index contributed by atoms with van der Waals surface area (Å²) in [5.41, 5.74) is -0.655. The molecule has 0 N–H and O–H groups in total. The zero-order valence-electron chi connectivity index (χ0n) is 5.86. The molecular weight excluding hydrogens is 138 g/mol. The first-order valence-corrected chi connectivity index (χ1v) is 3.32. The Morgan fingerprint density at radius 1 is 1.60 bits per heavy atom. The van der Waals surface area contributed by atoms with Crippen LogP contribution in [0, 0.1) is 5.41 Å². The van der Waals surface area contributed by atoms with Gasteiger partial charge in [-0.15, -0.1) is 0 Å². The molecule has 0 radical (unpaired) electrons. The van der Waals surface area contributed by atoms with Gasteiger partial charge in [-0.25, -0.2) is 8.78 Å². The molecule has 1 fully saturated rings. The Balaban J connectivity index is 2.45. The molecule has 0 atom stereocenters. The maximum atomic E-state index is 12.3. The van der Waals surface area contributed by atoms with Crippen LogP contribution >= 0.6 is 0 Å². The average Bonchev–Trinajstić information content (AvgIpc) is 2.45. The highest BCUT2D eigenvalue weighted by atomic mass is 19.3. The molecule has 1 aliphatic carbocycles. The molecule has 0 aliphatic heterocycles. The van der Waals surface area contributed by atoms with Gasteiger partial charge in [-0.2, -0.15) is 0 Å². The molecule has 0 bridgehead atoms. The zero-order valence-corrected chi connectivity index (χ0v) is 5.86. The minimum Gasteiger partial charge on any atom is -0.303 e. The van der Waals surface area contributed by atoms with Crippen LogP contribution in [0.1, 0.15) is 26.2 Å². The third-order valence-corrected chi connectivity index (χ3v) is 1.80. The van der Waals surface area contributed by atoms with Gasteiger partial charge < -0.3 is 4.79 Å². The minimum atomic E-state index is -2.68. The van der Waals surface area contributed by atoms with E-state index in [2.05, 4.69) is 0 Å². The normalized spacial score (nSPS) is 22.3. The molecule has 0 saturated heterocycles. The molecule has 0 aromatic rings. The van der Waals surface area contributed by atoms with Gasteiger partial charge in [0.15, 0.2) is 0 Å². The van der Waals surface area contributed by atoms with Crippen molar-refractivity contribution in [1.29, 1.82) is 0 Å². The van der Waals surface area contributed by atoms with Crippen molar-refractivity contribution in [2.24, 2.45) is 5.41 Å². The van der Waals surface area contributed by atoms with Gasteiger partial charge >= 0.3 is 0 Å². The smallest absolute Gasteiger partial charge is 0.246 e. The van der Waals surface area contributed by atoms with Crippen LogP contribution in [0.25, 0.3) is 0 Å². The lowest BCUT2D eigenvalue weighted by Gasteiger charge is -2.13. The molecule has 0 aromatic heterocycles. The number of aldehydes is 1. The number of alkyl halides is 2. The summed E-state index contributed by atoms with van der Waals surface area (Å²) < 4.78 is 24.6. The molecule has 0 unspecified atom stereocenters. The Morgan fingerprint density at radius 2 is 2.10 bits per heavy atom. The first-order chi connectivity index (χ1) is 4.47. The average molecular weight is 148 g/mol. The summed E-state index contributed by atoms with van der Waals surface area (Å²) in [5.74, 6) is -2.68. The fourth-order valence-electron chi connectivity index (χ4n) is 1.12. The third kappa shape index (κ3) is 1.75. The molecule has 1 saturated carbocycles. The monoisotopic (exact) mass is 148 g/mol. The third-order valence-electron chi connectivity index (χ3n) is 1.80. The Hall–Kier alpha value is -0.470. The van der Waals surface area contributed by atoms with Crippen LogP contribution < -0.4 is 0 Å². The van der Waals surface area contributed by atoms with Crippen molar-refractivity contribution in [2.75, 3.05) is 0 Å². The standard InChI is InChI=1S/C7H10F2O/c1-6(8,9)4-7(5-10)2-3-7/h5H,2-4H2,1H3. The predicted octanol–water partition coefficient (Wildman–Crippen LogP) is 2.01. The van der Waals surface area contributed by atoms with Crippen molar-refractivity contribution in [3.05, 3.63) is 0 Å². The van der Waals surface area contributed by atoms with E-state index in [0.29, 0.717) is 19.1 Å². The zero-order chi connectivity index (χ0) is 7.83. The molecule has 1 aliphatic rings. The Labute approximate surface area is 58.4 Å². The summed E-state index contributed by atoms with van der Waals surface area (Å²) in [6.45, 7) is 0.858. The minimum absolute atomic E-state index is 0.274. The van der Waals surface area contributed by atoms with E-state index in [1.807, 2.05) is 0 Å². The van der Waals surface area contributed by atoms with Crippen LogP contribution in [-0.4, -0.2) is 12.2 Å². The maximum Gasteiger partial charge on any atom is 0.246 e. The van der Waals surface area contributed by atoms with E-state index in [1.54, 1.807) is 0 Å². The van der Waals surface area contributed by atoms with E-state index < -0.39 is 11.3 Å². The number of rotatable bonds is 3. The van der Waals surface area contributed by atoms with E-state index in [0.717, 1.165) is 6.92 Å². The predicted molar refractivity (Wildman–Crippen MR) is 33.0 cm³/mol. The Kier molecular flexibility index (Phi) is 1.53. The number of carbonyl (C=O) groups excluding carboxylic acids is 1. The quantitative estimate of drug-likeness (QED) is 0.559. The second-order valence-corrected chi connectivity index (χ2v) is 3.23. The highest BCUT2D eigenvalue weighted by Gasteiger charge is 2.48. The number of carbonyl (C=O) groups is 1. The molecule has 0 heterocycles. The van der Waals surface area contributed by atoms with Gasteiger partial charge in [0, 0.05) is 11.8 Å². The molecule has 3 heteroatoms. The van der Waals surface area contributed by atoms with Crippen LogP contribution in [0.15, 0.2) is 0 Å². The lowest BCUT2D eigenvalue weighted by atomic mass is 10.0. The Morgan fingerprint density at radius 3 is 2.20 bits per heavy atom. The lowest BCUT2D eigenvalue weighted by molar-refractivity contribution is -0.115. The van der Waals surface area contributed by atoms with E-state index in [9.17, 15) is 13.6 Å². The van der Waals surface area contributed by atoms with Crippen LogP contribution in [0.2, 0.25) is 0 Å². The van der Waals surface area contributed by atoms with Gasteiger partial charge in [0.1, 0.15) is 6.29 Å². The first kappa shape index (κ1) is 7.63. The number of hydrogen-bond acceptors (Lipinski definition) is 1. The number of hydrogen-bond donors (Lipinski definition) is 0. The van der Waals surface area contributed by atoms with Crippen LogP contribution in [0.4, 0.5) is 8.78 Å². The molecular formula is C7H10F2O. The van der Waals surface area contributed by atoms with Crippen molar-refractivity contribution in [1.82, 2.24) is 0 Å². The second-order valence-electron chi connectivity index (χ2n) is 3.23. The SMILES string of the molecule is CC(F)(F)CC1(C=O)CC1. The summed E-state index contributed by atoms with van der Waals surface area (Å²) in [6.07, 6.45) is 1.67. The molecule has 58 valence electrons. The van der Waals surface area contributed by atoms with Gasteiger partial charge in [0.2, 0.25) is 5.92 Å². The van der Waals surface area contributed by atoms with E-state index >= 15 is 0 Å². The van der Waals surface area contributed by atoms with E-state index in [-0.39, 0.29) is 6.42 Å². The topological polar surface area (TPSA) is 17.1 Å². The largest absolute Gasteiger partial charge is 0.303 e. The van der Waals surface area contributed by atoms with E-state index in [4.69, 9.17) is 0 Å². The maximum absolute atomic E-state index is 12.3. The highest BCUT2D eigenvalue weighted by Crippen LogP contribution is 2.50. The second kappa shape index (κ2) is 2.01. The van der Waals surface area contributed by atoms with Gasteiger partial charge in [-0.05, 0) is 19.8 Å². The van der Waals surface area contributed by atoms with Crippen LogP contribution in [0.5, 0.6) is 0 Å². The molecule has 1 rings (SSSR count). The Bertz CT molecular complexity index is 144. The van der Waals surface area contributed by atoms with Gasteiger partial charge in [-0.3, -0.25) is 0 Å². The molecule has 0 spiro atoms. The fourth-order valence-corrected chi connectivity index (χ4v) is 1.12. The van der Waals surface area contributed by atoms with Crippen molar-refractivity contribution in [2.45, 2.75) is 32.1 Å². The van der Waals surface area contributed by atoms with Crippen LogP contribution in [-0.2, 0) is 4.79 Å². The lowest BCUT2D eigenvalue weighted by Crippen LogP contribution is -2.18. The molecule has 1 nitrogen and oxygen atoms in total. The van der Waals surface area contributed by atoms with E-state index in [1.165, 1.54) is 0 Å². The number of halogens is 2. The summed E-state index contributed by atoms with van der Waals surface area (Å²) in [6, 6.07) is 0. The van der Waals surface area contributed by atoms with Crippen molar-refractivity contribution in [3.8, 4) is 0 Å². The van der Waals surface area contributed by atoms with Crippen molar-refractivity contribution < 1.29 is 13.6 Å². The molecule has 0 aromatic carbocycles. The summed E-state index contributed by atoms with van der Waals surface area (Å²) >= 11 is 0. The van der Waals surface area contributed by atoms with Gasteiger partial charge in [0.05, 0.1) is 0 Å². The van der Waals surface area contributed by atoms with Crippen molar-refractivity contribution in [3.63, 3.8) is 0 Å². The van der Waals surface area contributed by atoms with Gasteiger partial charge in [-0.1, -0.05) is 0 Å². The summed E-state index contributed by atoms with van der Waals surface area (Å²) in [4.78, 5) is 10.2. The highest BCUT2D eigenvalue weighted by molar-refractivity contribution is 5.63. The first-order valence-electron chi connectivity index (χ1n) is 3.32.